The minimum atomic E-state index is -0.660. The second-order valence-electron chi connectivity index (χ2n) is 17.1. The van der Waals surface area contributed by atoms with Crippen LogP contribution < -0.4 is 5.32 Å². The van der Waals surface area contributed by atoms with E-state index >= 15 is 0 Å². The first-order valence-corrected chi connectivity index (χ1v) is 16.6. The largest absolute Gasteiger partial charge is 0.469 e. The van der Waals surface area contributed by atoms with Gasteiger partial charge >= 0.3 is 5.97 Å². The number of anilines is 1. The number of benzene rings is 1. The molecule has 43 heavy (non-hydrogen) atoms. The fourth-order valence-electron chi connectivity index (χ4n) is 10.5. The number of esters is 1. The van der Waals surface area contributed by atoms with E-state index < -0.39 is 16.7 Å². The quantitative estimate of drug-likeness (QED) is 0.212. The van der Waals surface area contributed by atoms with E-state index in [1.807, 2.05) is 30.3 Å². The van der Waals surface area contributed by atoms with E-state index in [-0.39, 0.29) is 45.2 Å². The van der Waals surface area contributed by atoms with Crippen LogP contribution in [-0.2, 0) is 19.1 Å². The minimum absolute atomic E-state index is 0.0194. The Balaban J connectivity index is 1.49. The topological polar surface area (TPSA) is 72.5 Å². The summed E-state index contributed by atoms with van der Waals surface area (Å²) in [5.74, 6) is -0.213. The molecule has 4 aliphatic rings. The van der Waals surface area contributed by atoms with Crippen molar-refractivity contribution < 1.29 is 19.1 Å². The van der Waals surface area contributed by atoms with Gasteiger partial charge in [0.25, 0.3) is 0 Å². The summed E-state index contributed by atoms with van der Waals surface area (Å²) in [6, 6.07) is 9.50. The zero-order chi connectivity index (χ0) is 31.6. The highest BCUT2D eigenvalue weighted by Crippen LogP contribution is 2.74. The average Bonchev–Trinajstić information content (AvgIpc) is 2.94. The fraction of sp³-hybridized carbons (Fsp3) is 0.711. The van der Waals surface area contributed by atoms with Gasteiger partial charge in [-0.15, -0.1) is 0 Å². The zero-order valence-corrected chi connectivity index (χ0v) is 28.2. The van der Waals surface area contributed by atoms with Crippen LogP contribution in [-0.4, -0.2) is 24.8 Å². The number of para-hydroxylation sites is 1. The van der Waals surface area contributed by atoms with Crippen molar-refractivity contribution in [3.63, 3.8) is 0 Å². The molecule has 0 radical (unpaired) electrons. The van der Waals surface area contributed by atoms with Crippen LogP contribution in [0, 0.1) is 50.2 Å². The van der Waals surface area contributed by atoms with E-state index in [0.29, 0.717) is 12.3 Å². The van der Waals surface area contributed by atoms with Crippen LogP contribution in [0.5, 0.6) is 0 Å². The first kappa shape index (κ1) is 32.0. The van der Waals surface area contributed by atoms with Gasteiger partial charge in [-0.3, -0.25) is 14.4 Å². The van der Waals surface area contributed by atoms with Crippen LogP contribution in [0.4, 0.5) is 5.69 Å². The molecule has 3 fully saturated rings. The number of allylic oxidation sites excluding steroid dienone is 2. The fourth-order valence-corrected chi connectivity index (χ4v) is 10.5. The highest BCUT2D eigenvalue weighted by atomic mass is 16.5. The zero-order valence-electron chi connectivity index (χ0n) is 28.2. The number of hydrogen-bond acceptors (Lipinski definition) is 4. The SMILES string of the molecule is COC(=O)C1(CCC(C)(C)C)CCC2(C)C(=CCC3C4(C)CC(C(=O)Nc5ccccc5)C(=O)C(C)(C)C4CCC32C)C1. The van der Waals surface area contributed by atoms with E-state index in [1.165, 1.54) is 5.57 Å². The maximum atomic E-state index is 14.0. The van der Waals surface area contributed by atoms with Gasteiger partial charge in [0.05, 0.1) is 18.4 Å². The lowest BCUT2D eigenvalue weighted by Gasteiger charge is -2.69. The number of ketones is 1. The minimum Gasteiger partial charge on any atom is -0.469 e. The number of amides is 1. The molecule has 7 atom stereocenters. The van der Waals surface area contributed by atoms with Crippen molar-refractivity contribution in [3.05, 3.63) is 42.0 Å². The van der Waals surface area contributed by atoms with Crippen LogP contribution >= 0.6 is 0 Å². The van der Waals surface area contributed by atoms with Crippen LogP contribution in [0.25, 0.3) is 0 Å². The first-order valence-electron chi connectivity index (χ1n) is 16.6. The lowest BCUT2D eigenvalue weighted by atomic mass is 9.34. The number of ether oxygens (including phenoxy) is 1. The summed E-state index contributed by atoms with van der Waals surface area (Å²) in [6.45, 7) is 18.3. The lowest BCUT2D eigenvalue weighted by molar-refractivity contribution is -0.190. The average molecular weight is 590 g/mol. The van der Waals surface area contributed by atoms with Crippen LogP contribution in [0.2, 0.25) is 0 Å². The molecular formula is C38H55NO4. The summed E-state index contributed by atoms with van der Waals surface area (Å²) in [4.78, 5) is 41.1. The van der Waals surface area contributed by atoms with Crippen molar-refractivity contribution >= 4 is 23.3 Å². The van der Waals surface area contributed by atoms with Gasteiger partial charge in [0.1, 0.15) is 0 Å². The highest BCUT2D eigenvalue weighted by Gasteiger charge is 2.68. The van der Waals surface area contributed by atoms with E-state index in [1.54, 1.807) is 7.11 Å². The molecule has 1 aromatic carbocycles. The lowest BCUT2D eigenvalue weighted by Crippen LogP contribution is -2.65. The van der Waals surface area contributed by atoms with Gasteiger partial charge in [0.2, 0.25) is 5.91 Å². The molecule has 236 valence electrons. The standard InChI is InChI=1S/C38H55NO4/c1-33(2,3)19-21-38(32(42)43-9)22-20-36(7)25(23-38)15-16-29-35(6)24-27(31(41)39-26-13-11-10-12-14-26)30(40)34(4,5)28(35)17-18-37(29,36)8/h10-15,27-29H,16-24H2,1-9H3,(H,39,41). The summed E-state index contributed by atoms with van der Waals surface area (Å²) >= 11 is 0. The Morgan fingerprint density at radius 3 is 2.28 bits per heavy atom. The Morgan fingerprint density at radius 2 is 1.65 bits per heavy atom. The number of fused-ring (bicyclic) bond motifs is 5. The van der Waals surface area contributed by atoms with Gasteiger partial charge in [-0.2, -0.15) is 0 Å². The van der Waals surface area contributed by atoms with Gasteiger partial charge in [-0.25, -0.2) is 0 Å². The summed E-state index contributed by atoms with van der Waals surface area (Å²) < 4.78 is 5.46. The van der Waals surface area contributed by atoms with Gasteiger partial charge < -0.3 is 10.1 Å². The molecule has 5 nitrogen and oxygen atoms in total. The third-order valence-electron chi connectivity index (χ3n) is 13.3. The maximum Gasteiger partial charge on any atom is 0.312 e. The van der Waals surface area contributed by atoms with Gasteiger partial charge in [0, 0.05) is 11.1 Å². The summed E-state index contributed by atoms with van der Waals surface area (Å²) in [7, 11) is 1.54. The molecule has 3 saturated carbocycles. The Hall–Kier alpha value is -2.43. The number of hydrogen-bond donors (Lipinski definition) is 1. The van der Waals surface area contributed by atoms with E-state index in [9.17, 15) is 14.4 Å². The Bertz CT molecular complexity index is 1310. The molecule has 1 N–H and O–H groups in total. The summed E-state index contributed by atoms with van der Waals surface area (Å²) in [6.07, 6.45) is 10.5. The van der Waals surface area contributed by atoms with Crippen molar-refractivity contribution in [3.8, 4) is 0 Å². The van der Waals surface area contributed by atoms with E-state index in [4.69, 9.17) is 4.74 Å². The van der Waals surface area contributed by atoms with Gasteiger partial charge in [-0.1, -0.05) is 85.2 Å². The molecule has 0 aromatic heterocycles. The molecule has 0 aliphatic heterocycles. The predicted molar refractivity (Wildman–Crippen MR) is 172 cm³/mol. The molecule has 5 heteroatoms. The van der Waals surface area contributed by atoms with Crippen molar-refractivity contribution in [2.45, 2.75) is 113 Å². The highest BCUT2D eigenvalue weighted by molar-refractivity contribution is 6.09. The summed E-state index contributed by atoms with van der Waals surface area (Å²) in [5, 5.41) is 3.06. The van der Waals surface area contributed by atoms with Crippen LogP contribution in [0.15, 0.2) is 42.0 Å². The number of carbonyl (C=O) groups is 3. The Labute approximate surface area is 260 Å². The number of methoxy groups -OCH3 is 1. The van der Waals surface area contributed by atoms with Crippen molar-refractivity contribution in [1.82, 2.24) is 0 Å². The first-order chi connectivity index (χ1) is 19.9. The van der Waals surface area contributed by atoms with Crippen LogP contribution in [0.1, 0.15) is 113 Å². The van der Waals surface area contributed by atoms with Crippen molar-refractivity contribution in [2.24, 2.45) is 50.2 Å². The van der Waals surface area contributed by atoms with Gasteiger partial charge in [-0.05, 0) is 103 Å². The molecule has 7 unspecified atom stereocenters. The molecule has 5 rings (SSSR count). The second kappa shape index (κ2) is 10.6. The molecule has 0 bridgehead atoms. The molecular weight excluding hydrogens is 534 g/mol. The molecule has 1 amide bonds. The third-order valence-corrected chi connectivity index (χ3v) is 13.3. The van der Waals surface area contributed by atoms with Gasteiger partial charge in [0.15, 0.2) is 5.78 Å². The van der Waals surface area contributed by atoms with E-state index in [0.717, 1.165) is 57.1 Å². The predicted octanol–water partition coefficient (Wildman–Crippen LogP) is 8.79. The number of nitrogens with one attached hydrogen (secondary N) is 1. The normalized spacial score (nSPS) is 38.6. The molecule has 0 spiro atoms. The molecule has 4 aliphatic carbocycles. The van der Waals surface area contributed by atoms with Crippen molar-refractivity contribution in [1.29, 1.82) is 0 Å². The smallest absolute Gasteiger partial charge is 0.312 e. The van der Waals surface area contributed by atoms with Crippen LogP contribution in [0.3, 0.4) is 0 Å². The molecule has 0 heterocycles. The third kappa shape index (κ3) is 5.01. The number of carbonyl (C=O) groups excluding carboxylic acids is 3. The van der Waals surface area contributed by atoms with E-state index in [2.05, 4.69) is 66.8 Å². The Morgan fingerprint density at radius 1 is 0.977 bits per heavy atom. The van der Waals surface area contributed by atoms with Crippen molar-refractivity contribution in [2.75, 3.05) is 12.4 Å². The number of Topliss-reactive ketones (excluding diaryl/α,β-unsaturated/α-hetero) is 1. The molecule has 1 aromatic rings. The molecule has 0 saturated heterocycles. The Kier molecular flexibility index (Phi) is 7.87. The monoisotopic (exact) mass is 589 g/mol. The number of rotatable bonds is 5. The second-order valence-corrected chi connectivity index (χ2v) is 17.1. The summed E-state index contributed by atoms with van der Waals surface area (Å²) in [5.41, 5.74) is 1.12. The maximum absolute atomic E-state index is 14.0.